The van der Waals surface area contributed by atoms with Crippen LogP contribution in [0.2, 0.25) is 5.02 Å². The highest BCUT2D eigenvalue weighted by atomic mass is 35.5. The highest BCUT2D eigenvalue weighted by molar-refractivity contribution is 6.33. The molecule has 0 heterocycles. The van der Waals surface area contributed by atoms with Crippen LogP contribution in [0.15, 0.2) is 66.7 Å². The first-order chi connectivity index (χ1) is 16.8. The number of anilines is 1. The molecule has 3 aromatic carbocycles. The lowest BCUT2D eigenvalue weighted by Crippen LogP contribution is -2.40. The van der Waals surface area contributed by atoms with Gasteiger partial charge in [-0.25, -0.2) is 4.79 Å². The Bertz CT molecular complexity index is 1380. The number of halogens is 1. The van der Waals surface area contributed by atoms with Crippen molar-refractivity contribution < 1.29 is 28.7 Å². The third kappa shape index (κ3) is 4.97. The second-order valence-corrected chi connectivity index (χ2v) is 8.20. The predicted octanol–water partition coefficient (Wildman–Crippen LogP) is 3.42. The Labute approximate surface area is 205 Å². The molecule has 0 saturated heterocycles. The predicted molar refractivity (Wildman–Crippen MR) is 128 cm³/mol. The van der Waals surface area contributed by atoms with Gasteiger partial charge in [-0.2, -0.15) is 0 Å². The van der Waals surface area contributed by atoms with E-state index >= 15 is 0 Å². The number of fused-ring (bicyclic) bond motifs is 2. The fourth-order valence-electron chi connectivity index (χ4n) is 3.61. The summed E-state index contributed by atoms with van der Waals surface area (Å²) in [6, 6.07) is 16.3. The minimum absolute atomic E-state index is 0.180. The summed E-state index contributed by atoms with van der Waals surface area (Å²) in [6.07, 6.45) is 0. The summed E-state index contributed by atoms with van der Waals surface area (Å²) in [5.74, 6) is -2.61. The van der Waals surface area contributed by atoms with Crippen molar-refractivity contribution in [2.75, 3.05) is 11.9 Å². The zero-order valence-electron chi connectivity index (χ0n) is 18.5. The van der Waals surface area contributed by atoms with E-state index < -0.39 is 30.4 Å². The molecule has 35 heavy (non-hydrogen) atoms. The lowest BCUT2D eigenvalue weighted by Gasteiger charge is -2.18. The Morgan fingerprint density at radius 2 is 1.46 bits per heavy atom. The molecule has 4 rings (SSSR count). The molecule has 176 valence electrons. The summed E-state index contributed by atoms with van der Waals surface area (Å²) in [5, 5.41) is 5.23. The first-order valence-electron chi connectivity index (χ1n) is 10.6. The quantitative estimate of drug-likeness (QED) is 0.400. The second kappa shape index (κ2) is 9.90. The van der Waals surface area contributed by atoms with E-state index in [4.69, 9.17) is 16.3 Å². The van der Waals surface area contributed by atoms with Crippen LogP contribution >= 0.6 is 11.6 Å². The number of hydrogen-bond acceptors (Lipinski definition) is 6. The molecular formula is C26H19ClN2O6. The van der Waals surface area contributed by atoms with Gasteiger partial charge in [0.05, 0.1) is 10.6 Å². The molecule has 1 aliphatic rings. The fraction of sp³-hybridized carbons (Fsp3) is 0.115. The van der Waals surface area contributed by atoms with Crippen molar-refractivity contribution in [3.05, 3.63) is 99.6 Å². The monoisotopic (exact) mass is 490 g/mol. The average molecular weight is 491 g/mol. The van der Waals surface area contributed by atoms with Crippen LogP contribution in [0.5, 0.6) is 0 Å². The molecule has 1 atom stereocenters. The zero-order chi connectivity index (χ0) is 25.1. The lowest BCUT2D eigenvalue weighted by molar-refractivity contribution is -0.148. The highest BCUT2D eigenvalue weighted by Crippen LogP contribution is 2.29. The van der Waals surface area contributed by atoms with E-state index in [1.54, 1.807) is 42.5 Å². The van der Waals surface area contributed by atoms with Crippen molar-refractivity contribution in [2.24, 2.45) is 0 Å². The zero-order valence-corrected chi connectivity index (χ0v) is 19.2. The summed E-state index contributed by atoms with van der Waals surface area (Å²) < 4.78 is 4.98. The molecule has 0 aromatic heterocycles. The van der Waals surface area contributed by atoms with Crippen LogP contribution in [0.3, 0.4) is 0 Å². The van der Waals surface area contributed by atoms with E-state index in [9.17, 15) is 24.0 Å². The fourth-order valence-corrected chi connectivity index (χ4v) is 3.84. The molecule has 2 amide bonds. The number of benzene rings is 3. The van der Waals surface area contributed by atoms with Crippen molar-refractivity contribution in [1.29, 1.82) is 0 Å². The van der Waals surface area contributed by atoms with Crippen LogP contribution in [0.4, 0.5) is 5.69 Å². The van der Waals surface area contributed by atoms with Crippen LogP contribution < -0.4 is 10.6 Å². The van der Waals surface area contributed by atoms with Gasteiger partial charge in [-0.3, -0.25) is 19.2 Å². The first kappa shape index (κ1) is 23.8. The number of ether oxygens (including phenoxy) is 1. The minimum atomic E-state index is -1.03. The van der Waals surface area contributed by atoms with Gasteiger partial charge in [-0.15, -0.1) is 0 Å². The number of ketones is 2. The summed E-state index contributed by atoms with van der Waals surface area (Å²) in [5.41, 5.74) is 1.54. The number of carbonyl (C=O) groups is 5. The van der Waals surface area contributed by atoms with Crippen LogP contribution in [-0.2, 0) is 14.3 Å². The normalized spacial score (nSPS) is 12.7. The van der Waals surface area contributed by atoms with E-state index in [1.807, 2.05) is 0 Å². The average Bonchev–Trinajstić information content (AvgIpc) is 2.86. The topological polar surface area (TPSA) is 119 Å². The molecule has 1 aliphatic carbocycles. The van der Waals surface area contributed by atoms with Gasteiger partial charge >= 0.3 is 5.97 Å². The lowest BCUT2D eigenvalue weighted by atomic mass is 9.84. The van der Waals surface area contributed by atoms with Gasteiger partial charge in [-0.05, 0) is 37.3 Å². The van der Waals surface area contributed by atoms with Crippen molar-refractivity contribution in [3.8, 4) is 0 Å². The molecule has 0 fully saturated rings. The summed E-state index contributed by atoms with van der Waals surface area (Å²) >= 11 is 5.98. The van der Waals surface area contributed by atoms with Crippen molar-refractivity contribution in [2.45, 2.75) is 13.0 Å². The Morgan fingerprint density at radius 3 is 2.14 bits per heavy atom. The minimum Gasteiger partial charge on any atom is -0.454 e. The summed E-state index contributed by atoms with van der Waals surface area (Å²) in [7, 11) is 0. The first-order valence-corrected chi connectivity index (χ1v) is 11.0. The third-order valence-corrected chi connectivity index (χ3v) is 5.70. The maximum atomic E-state index is 12.8. The molecule has 0 unspecified atom stereocenters. The smallest absolute Gasteiger partial charge is 0.328 e. The highest BCUT2D eigenvalue weighted by Gasteiger charge is 2.29. The second-order valence-electron chi connectivity index (χ2n) is 7.80. The number of nitrogens with one attached hydrogen (secondary N) is 2. The van der Waals surface area contributed by atoms with E-state index in [1.165, 1.54) is 31.2 Å². The van der Waals surface area contributed by atoms with E-state index in [2.05, 4.69) is 10.6 Å². The maximum absolute atomic E-state index is 12.8. The summed E-state index contributed by atoms with van der Waals surface area (Å²) in [6.45, 7) is 0.802. The van der Waals surface area contributed by atoms with Gasteiger partial charge in [-0.1, -0.05) is 48.0 Å². The van der Waals surface area contributed by atoms with E-state index in [0.717, 1.165) is 0 Å². The number of rotatable bonds is 6. The molecule has 9 heteroatoms. The van der Waals surface area contributed by atoms with Gasteiger partial charge < -0.3 is 15.4 Å². The number of amides is 2. The Kier molecular flexibility index (Phi) is 6.75. The maximum Gasteiger partial charge on any atom is 0.328 e. The SMILES string of the molecule is C[C@H](NC(=O)c1ccccc1Cl)C(=O)OCC(=O)Nc1ccc2c(c1)C(=O)c1ccccc1C2=O. The number of carbonyl (C=O) groups excluding carboxylic acids is 5. The standard InChI is InChI=1S/C26H19ClN2O6/c1-14(28-25(33)19-8-4-5-9-21(19)27)26(34)35-13-22(30)29-15-10-11-18-20(12-15)24(32)17-7-3-2-6-16(17)23(18)31/h2-12,14H,13H2,1H3,(H,28,33)(H,29,30)/t14-/m0/s1. The number of esters is 1. The van der Waals surface area contributed by atoms with Gasteiger partial charge in [0, 0.05) is 27.9 Å². The van der Waals surface area contributed by atoms with Gasteiger partial charge in [0.1, 0.15) is 6.04 Å². The molecule has 0 saturated carbocycles. The Hall–Kier alpha value is -4.30. The Balaban J connectivity index is 1.35. The van der Waals surface area contributed by atoms with E-state index in [-0.39, 0.29) is 39.0 Å². The molecule has 0 spiro atoms. The third-order valence-electron chi connectivity index (χ3n) is 5.37. The van der Waals surface area contributed by atoms with Gasteiger partial charge in [0.2, 0.25) is 0 Å². The molecular weight excluding hydrogens is 472 g/mol. The van der Waals surface area contributed by atoms with Crippen LogP contribution in [0.25, 0.3) is 0 Å². The van der Waals surface area contributed by atoms with Crippen molar-refractivity contribution >= 4 is 46.6 Å². The van der Waals surface area contributed by atoms with Gasteiger partial charge in [0.25, 0.3) is 11.8 Å². The largest absolute Gasteiger partial charge is 0.454 e. The molecule has 0 bridgehead atoms. The van der Waals surface area contributed by atoms with E-state index in [0.29, 0.717) is 11.1 Å². The van der Waals surface area contributed by atoms with Crippen molar-refractivity contribution in [3.63, 3.8) is 0 Å². The molecule has 0 radical (unpaired) electrons. The molecule has 8 nitrogen and oxygen atoms in total. The molecule has 2 N–H and O–H groups in total. The molecule has 0 aliphatic heterocycles. The van der Waals surface area contributed by atoms with Crippen molar-refractivity contribution in [1.82, 2.24) is 5.32 Å². The van der Waals surface area contributed by atoms with Crippen LogP contribution in [-0.4, -0.2) is 42.0 Å². The van der Waals surface area contributed by atoms with Crippen LogP contribution in [0.1, 0.15) is 49.1 Å². The molecule has 3 aromatic rings. The van der Waals surface area contributed by atoms with Crippen LogP contribution in [0, 0.1) is 0 Å². The Morgan fingerprint density at radius 1 is 0.857 bits per heavy atom. The van der Waals surface area contributed by atoms with Gasteiger partial charge in [0.15, 0.2) is 18.2 Å². The number of hydrogen-bond donors (Lipinski definition) is 2. The summed E-state index contributed by atoms with van der Waals surface area (Å²) in [4.78, 5) is 62.3.